The fraction of sp³-hybridized carbons (Fsp3) is 0.846. The first-order valence-corrected chi connectivity index (χ1v) is 6.75. The van der Waals surface area contributed by atoms with Crippen LogP contribution in [0.15, 0.2) is 0 Å². The number of aliphatic hydroxyl groups excluding tert-OH is 1. The van der Waals surface area contributed by atoms with Gasteiger partial charge in [0.2, 0.25) is 0 Å². The fourth-order valence-corrected chi connectivity index (χ4v) is 1.86. The summed E-state index contributed by atoms with van der Waals surface area (Å²) >= 11 is 4.59. The lowest BCUT2D eigenvalue weighted by atomic mass is 10.1. The molecule has 0 atom stereocenters. The lowest BCUT2D eigenvalue weighted by molar-refractivity contribution is -0.117. The highest BCUT2D eigenvalue weighted by molar-refractivity contribution is 7.80. The Bertz CT molecular complexity index is 180. The van der Waals surface area contributed by atoms with E-state index in [4.69, 9.17) is 5.11 Å². The number of unbranched alkanes of at least 4 members (excludes halogenated alkanes) is 7. The largest absolute Gasteiger partial charge is 0.502 e. The van der Waals surface area contributed by atoms with Crippen LogP contribution in [0.1, 0.15) is 71.1 Å². The van der Waals surface area contributed by atoms with E-state index in [1.54, 1.807) is 6.92 Å². The van der Waals surface area contributed by atoms with Crippen molar-refractivity contribution in [1.82, 2.24) is 0 Å². The van der Waals surface area contributed by atoms with E-state index in [0.717, 1.165) is 25.7 Å². The van der Waals surface area contributed by atoms with E-state index in [0.29, 0.717) is 12.2 Å². The third-order valence-corrected chi connectivity index (χ3v) is 2.87. The van der Waals surface area contributed by atoms with E-state index in [1.165, 1.54) is 32.1 Å². The van der Waals surface area contributed by atoms with Crippen LogP contribution >= 0.6 is 12.2 Å². The van der Waals surface area contributed by atoms with Crippen molar-refractivity contribution in [2.75, 3.05) is 0 Å². The van der Waals surface area contributed by atoms with Gasteiger partial charge in [0.25, 0.3) is 0 Å². The number of thiocarbonyl (C=S) groups is 1. The second kappa shape index (κ2) is 11.1. The molecular formula is C13H24O2S. The molecule has 0 aliphatic heterocycles. The molecular weight excluding hydrogens is 220 g/mol. The van der Waals surface area contributed by atoms with E-state index in [2.05, 4.69) is 12.2 Å². The minimum Gasteiger partial charge on any atom is -0.502 e. The highest BCUT2D eigenvalue weighted by atomic mass is 32.1. The Hall–Kier alpha value is -0.440. The highest BCUT2D eigenvalue weighted by Gasteiger charge is 1.95. The van der Waals surface area contributed by atoms with Crippen LogP contribution in [0.4, 0.5) is 0 Å². The molecule has 0 saturated carbocycles. The van der Waals surface area contributed by atoms with Gasteiger partial charge >= 0.3 is 0 Å². The molecule has 16 heavy (non-hydrogen) atoms. The maximum atomic E-state index is 10.7. The SMILES string of the molecule is CC(=O)CCCCCCCCCCC(O)=S. The van der Waals surface area contributed by atoms with E-state index in [1.807, 2.05) is 0 Å². The summed E-state index contributed by atoms with van der Waals surface area (Å²) in [5.41, 5.74) is 0. The van der Waals surface area contributed by atoms with Crippen molar-refractivity contribution in [3.63, 3.8) is 0 Å². The Morgan fingerprint density at radius 2 is 1.25 bits per heavy atom. The molecule has 3 heteroatoms. The van der Waals surface area contributed by atoms with E-state index >= 15 is 0 Å². The van der Waals surface area contributed by atoms with Crippen molar-refractivity contribution in [3.05, 3.63) is 0 Å². The fourth-order valence-electron chi connectivity index (χ4n) is 1.71. The molecule has 0 unspecified atom stereocenters. The maximum absolute atomic E-state index is 10.7. The summed E-state index contributed by atoms with van der Waals surface area (Å²) in [6.07, 6.45) is 10.8. The number of Topliss-reactive ketones (excluding diaryl/α,β-unsaturated/α-hetero) is 1. The van der Waals surface area contributed by atoms with Gasteiger partial charge in [-0.15, -0.1) is 0 Å². The van der Waals surface area contributed by atoms with Crippen LogP contribution in [-0.2, 0) is 4.79 Å². The van der Waals surface area contributed by atoms with Gasteiger partial charge in [-0.05, 0) is 32.0 Å². The van der Waals surface area contributed by atoms with E-state index < -0.39 is 0 Å². The van der Waals surface area contributed by atoms with Crippen molar-refractivity contribution >= 4 is 23.1 Å². The molecule has 0 amide bonds. The van der Waals surface area contributed by atoms with Crippen LogP contribution in [0.25, 0.3) is 0 Å². The molecule has 94 valence electrons. The minimum atomic E-state index is 0.143. The Morgan fingerprint density at radius 3 is 1.62 bits per heavy atom. The number of carbonyl (C=O) groups is 1. The smallest absolute Gasteiger partial charge is 0.156 e. The first-order chi connectivity index (χ1) is 7.63. The Morgan fingerprint density at radius 1 is 0.875 bits per heavy atom. The summed E-state index contributed by atoms with van der Waals surface area (Å²) in [6, 6.07) is 0. The topological polar surface area (TPSA) is 37.3 Å². The zero-order valence-corrected chi connectivity index (χ0v) is 11.2. The molecule has 0 spiro atoms. The zero-order chi connectivity index (χ0) is 12.2. The number of hydrogen-bond acceptors (Lipinski definition) is 2. The number of aliphatic hydroxyl groups is 1. The van der Waals surface area contributed by atoms with Crippen LogP contribution in [-0.4, -0.2) is 15.9 Å². The lowest BCUT2D eigenvalue weighted by Gasteiger charge is -2.01. The molecule has 0 fully saturated rings. The molecule has 0 aromatic rings. The van der Waals surface area contributed by atoms with Crippen LogP contribution in [0, 0.1) is 0 Å². The number of carbonyl (C=O) groups excluding carboxylic acids is 1. The molecule has 0 bridgehead atoms. The van der Waals surface area contributed by atoms with Crippen LogP contribution in [0.2, 0.25) is 0 Å². The van der Waals surface area contributed by atoms with Crippen molar-refractivity contribution in [2.24, 2.45) is 0 Å². The first-order valence-electron chi connectivity index (χ1n) is 6.34. The monoisotopic (exact) mass is 244 g/mol. The van der Waals surface area contributed by atoms with Gasteiger partial charge in [0.15, 0.2) is 5.05 Å². The van der Waals surface area contributed by atoms with Gasteiger partial charge in [-0.1, -0.05) is 38.5 Å². The van der Waals surface area contributed by atoms with E-state index in [9.17, 15) is 4.79 Å². The molecule has 2 nitrogen and oxygen atoms in total. The third kappa shape index (κ3) is 13.6. The molecule has 1 N–H and O–H groups in total. The number of rotatable bonds is 11. The normalized spacial score (nSPS) is 10.3. The molecule has 0 aliphatic rings. The highest BCUT2D eigenvalue weighted by Crippen LogP contribution is 2.10. The summed E-state index contributed by atoms with van der Waals surface area (Å²) in [6.45, 7) is 1.66. The molecule has 0 radical (unpaired) electrons. The van der Waals surface area contributed by atoms with Crippen LogP contribution < -0.4 is 0 Å². The zero-order valence-electron chi connectivity index (χ0n) is 10.3. The van der Waals surface area contributed by atoms with Crippen LogP contribution in [0.3, 0.4) is 0 Å². The Balaban J connectivity index is 2.98. The van der Waals surface area contributed by atoms with Crippen molar-refractivity contribution in [2.45, 2.75) is 71.1 Å². The molecule has 0 aromatic heterocycles. The second-order valence-corrected chi connectivity index (χ2v) is 4.90. The molecule has 0 aliphatic carbocycles. The number of ketones is 1. The molecule has 0 heterocycles. The first kappa shape index (κ1) is 15.6. The Kier molecular flexibility index (Phi) is 10.8. The summed E-state index contributed by atoms with van der Waals surface area (Å²) in [5, 5.41) is 8.94. The summed E-state index contributed by atoms with van der Waals surface area (Å²) < 4.78 is 0. The predicted molar refractivity (Wildman–Crippen MR) is 72.1 cm³/mol. The van der Waals surface area contributed by atoms with Crippen LogP contribution in [0.5, 0.6) is 0 Å². The molecule has 0 saturated heterocycles. The van der Waals surface area contributed by atoms with Gasteiger partial charge in [-0.3, -0.25) is 0 Å². The molecule has 0 rings (SSSR count). The average molecular weight is 244 g/mol. The van der Waals surface area contributed by atoms with Gasteiger partial charge in [0, 0.05) is 12.8 Å². The van der Waals surface area contributed by atoms with Gasteiger partial charge < -0.3 is 9.90 Å². The minimum absolute atomic E-state index is 0.143. The maximum Gasteiger partial charge on any atom is 0.156 e. The van der Waals surface area contributed by atoms with Gasteiger partial charge in [-0.2, -0.15) is 0 Å². The molecule has 0 aromatic carbocycles. The second-order valence-electron chi connectivity index (χ2n) is 4.42. The number of hydrogen-bond donors (Lipinski definition) is 1. The standard InChI is InChI=1S/C13H24O2S/c1-12(14)10-8-6-4-2-3-5-7-9-11-13(15)16/h2-11H2,1H3,(H,15,16). The summed E-state index contributed by atoms with van der Waals surface area (Å²) in [7, 11) is 0. The Labute approximate surface area is 104 Å². The van der Waals surface area contributed by atoms with Crippen molar-refractivity contribution in [1.29, 1.82) is 0 Å². The van der Waals surface area contributed by atoms with Crippen molar-refractivity contribution < 1.29 is 9.90 Å². The lowest BCUT2D eigenvalue weighted by Crippen LogP contribution is -1.91. The summed E-state index contributed by atoms with van der Waals surface area (Å²) in [5.74, 6) is 0.306. The third-order valence-electron chi connectivity index (χ3n) is 2.67. The summed E-state index contributed by atoms with van der Waals surface area (Å²) in [4.78, 5) is 10.7. The van der Waals surface area contributed by atoms with Gasteiger partial charge in [0.1, 0.15) is 5.78 Å². The predicted octanol–water partition coefficient (Wildman–Crippen LogP) is 4.36. The van der Waals surface area contributed by atoms with E-state index in [-0.39, 0.29) is 5.05 Å². The van der Waals surface area contributed by atoms with Gasteiger partial charge in [-0.25, -0.2) is 0 Å². The van der Waals surface area contributed by atoms with Gasteiger partial charge in [0.05, 0.1) is 0 Å². The quantitative estimate of drug-likeness (QED) is 0.433. The van der Waals surface area contributed by atoms with Crippen molar-refractivity contribution in [3.8, 4) is 0 Å². The average Bonchev–Trinajstić information content (AvgIpc) is 2.20.